The monoisotopic (exact) mass is 855 g/mol. The van der Waals surface area contributed by atoms with Gasteiger partial charge in [0.1, 0.15) is 35.7 Å². The van der Waals surface area contributed by atoms with Crippen molar-refractivity contribution >= 4 is 34.9 Å². The molecule has 0 spiro atoms. The molecule has 6 heterocycles. The highest BCUT2D eigenvalue weighted by Crippen LogP contribution is 2.46. The van der Waals surface area contributed by atoms with Gasteiger partial charge in [-0.15, -0.1) is 0 Å². The number of carbonyl (C=O) groups is 4. The number of alkyl carbamates (subject to hydrolysis) is 2. The molecule has 4 amide bonds. The largest absolute Gasteiger partial charge is 0.470 e. The van der Waals surface area contributed by atoms with Gasteiger partial charge in [-0.1, -0.05) is 39.8 Å². The molecule has 5 aromatic rings. The Balaban J connectivity index is 1.04. The third kappa shape index (κ3) is 7.59. The summed E-state index contributed by atoms with van der Waals surface area (Å²) >= 11 is 0. The summed E-state index contributed by atoms with van der Waals surface area (Å²) < 4.78 is 49.4. The normalized spacial score (nSPS) is 20.5. The van der Waals surface area contributed by atoms with Crippen LogP contribution in [0, 0.1) is 17.7 Å². The van der Waals surface area contributed by atoms with E-state index in [1.165, 1.54) is 19.1 Å². The molecule has 2 unspecified atom stereocenters. The summed E-state index contributed by atoms with van der Waals surface area (Å²) in [5, 5.41) is 5.61. The van der Waals surface area contributed by atoms with Gasteiger partial charge in [0.15, 0.2) is 12.0 Å². The quantitative estimate of drug-likeness (QED) is 0.113. The van der Waals surface area contributed by atoms with Crippen LogP contribution in [-0.2, 0) is 19.1 Å². The maximum Gasteiger partial charge on any atom is 0.407 e. The van der Waals surface area contributed by atoms with Gasteiger partial charge < -0.3 is 49.2 Å². The van der Waals surface area contributed by atoms with E-state index in [1.54, 1.807) is 37.2 Å². The number of nitrogens with zero attached hydrogens (tertiary/aromatic N) is 5. The lowest BCUT2D eigenvalue weighted by Gasteiger charge is -2.30. The second-order valence-corrected chi connectivity index (χ2v) is 16.8. The fraction of sp³-hybridized carbons (Fsp3) is 0.455. The molecule has 0 bridgehead atoms. The number of hydrogen-bond donors (Lipinski definition) is 4. The van der Waals surface area contributed by atoms with Crippen molar-refractivity contribution in [2.45, 2.75) is 90.4 Å². The van der Waals surface area contributed by atoms with Crippen molar-refractivity contribution in [3.05, 3.63) is 66.3 Å². The van der Waals surface area contributed by atoms with E-state index < -0.39 is 54.4 Å². The standard InChI is InChI=1S/C44H51F2N9O7/c1-21(2)36(51-43(58)60-6)41(56)53-14-8-9-32(53)39-47-19-30(49-39)25-10-12-27-34(16-25)62-23(5)55-31-13-11-24(15-28(31)35(46)38(27)55)29-18-48-40(50-29)33-17-26(45)20-54(33)42(57)37(22(3)4)52-44(59)61-7/h10-13,15-16,18-19,21-23,26,32-33,36-37H,8-9,14,17,20H2,1-7H3,(H,47,49)(H,48,50)(H,51,58)(H,52,59)/t23?,26?,32-,33-,36-,37-/m0/s1. The highest BCUT2D eigenvalue weighted by Gasteiger charge is 2.42. The van der Waals surface area contributed by atoms with Gasteiger partial charge in [-0.25, -0.2) is 28.3 Å². The number of methoxy groups -OCH3 is 2. The molecule has 0 saturated carbocycles. The lowest BCUT2D eigenvalue weighted by atomic mass is 10.0. The first kappa shape index (κ1) is 42.2. The number of amides is 4. The van der Waals surface area contributed by atoms with Crippen LogP contribution in [0.25, 0.3) is 44.7 Å². The lowest BCUT2D eigenvalue weighted by molar-refractivity contribution is -0.136. The number of halogens is 2. The highest BCUT2D eigenvalue weighted by atomic mass is 19.1. The van der Waals surface area contributed by atoms with Gasteiger partial charge in [0.25, 0.3) is 0 Å². The molecule has 0 aliphatic carbocycles. The third-order valence-corrected chi connectivity index (χ3v) is 12.1. The average molecular weight is 856 g/mol. The molecule has 16 nitrogen and oxygen atoms in total. The van der Waals surface area contributed by atoms with Gasteiger partial charge >= 0.3 is 12.2 Å². The van der Waals surface area contributed by atoms with Crippen LogP contribution in [0.2, 0.25) is 0 Å². The van der Waals surface area contributed by atoms with Crippen LogP contribution in [0.4, 0.5) is 18.4 Å². The number of likely N-dealkylation sites (tertiary alicyclic amines) is 2. The first-order chi connectivity index (χ1) is 29.7. The van der Waals surface area contributed by atoms with Gasteiger partial charge in [0.2, 0.25) is 11.8 Å². The first-order valence-corrected chi connectivity index (χ1v) is 20.9. The summed E-state index contributed by atoms with van der Waals surface area (Å²) in [6.45, 7) is 9.53. The fourth-order valence-corrected chi connectivity index (χ4v) is 8.95. The van der Waals surface area contributed by atoms with E-state index in [9.17, 15) is 23.6 Å². The number of aromatic amines is 2. The number of fused-ring (bicyclic) bond motifs is 5. The van der Waals surface area contributed by atoms with Crippen LogP contribution in [-0.4, -0.2) is 104 Å². The molecule has 3 aromatic heterocycles. The molecule has 4 N–H and O–H groups in total. The minimum Gasteiger partial charge on any atom is -0.470 e. The van der Waals surface area contributed by atoms with Gasteiger partial charge in [-0.05, 0) is 55.9 Å². The van der Waals surface area contributed by atoms with Crippen LogP contribution in [0.15, 0.2) is 48.8 Å². The number of carbonyl (C=O) groups excluding carboxylic acids is 4. The molecule has 8 rings (SSSR count). The summed E-state index contributed by atoms with van der Waals surface area (Å²) in [5.41, 5.74) is 4.24. The van der Waals surface area contributed by atoms with Crippen molar-refractivity contribution in [1.82, 2.24) is 44.9 Å². The van der Waals surface area contributed by atoms with Crippen molar-refractivity contribution < 1.29 is 42.2 Å². The van der Waals surface area contributed by atoms with Crippen LogP contribution >= 0.6 is 0 Å². The molecule has 0 radical (unpaired) electrons. The summed E-state index contributed by atoms with van der Waals surface area (Å²) in [5.74, 6) is -0.0130. The zero-order valence-electron chi connectivity index (χ0n) is 35.6. The minimum absolute atomic E-state index is 0.0266. The molecule has 6 atom stereocenters. The second-order valence-electron chi connectivity index (χ2n) is 16.8. The Bertz CT molecular complexity index is 2530. The highest BCUT2D eigenvalue weighted by molar-refractivity contribution is 5.93. The van der Waals surface area contributed by atoms with E-state index in [2.05, 4.69) is 30.6 Å². The number of H-pyrrole nitrogens is 2. The molecular weight excluding hydrogens is 805 g/mol. The zero-order chi connectivity index (χ0) is 44.1. The van der Waals surface area contributed by atoms with Crippen molar-refractivity contribution in [2.75, 3.05) is 27.3 Å². The number of benzene rings is 2. The predicted molar refractivity (Wildman–Crippen MR) is 224 cm³/mol. The van der Waals surface area contributed by atoms with E-state index in [1.807, 2.05) is 55.7 Å². The van der Waals surface area contributed by atoms with Gasteiger partial charge in [0, 0.05) is 35.0 Å². The summed E-state index contributed by atoms with van der Waals surface area (Å²) in [4.78, 5) is 70.3. The third-order valence-electron chi connectivity index (χ3n) is 12.1. The Morgan fingerprint density at radius 1 is 0.839 bits per heavy atom. The Morgan fingerprint density at radius 3 is 2.03 bits per heavy atom. The minimum atomic E-state index is -1.29. The number of aromatic nitrogens is 5. The maximum absolute atomic E-state index is 16.7. The molecule has 18 heteroatoms. The van der Waals surface area contributed by atoms with Crippen LogP contribution in [0.3, 0.4) is 0 Å². The Kier molecular flexibility index (Phi) is 11.4. The smallest absolute Gasteiger partial charge is 0.407 e. The zero-order valence-corrected chi connectivity index (χ0v) is 35.6. The second kappa shape index (κ2) is 16.8. The van der Waals surface area contributed by atoms with Gasteiger partial charge in [0.05, 0.1) is 67.8 Å². The van der Waals surface area contributed by atoms with E-state index in [0.717, 1.165) is 12.0 Å². The predicted octanol–water partition coefficient (Wildman–Crippen LogP) is 7.17. The van der Waals surface area contributed by atoms with Gasteiger partial charge in [-0.3, -0.25) is 9.59 Å². The number of rotatable bonds is 10. The Morgan fingerprint density at radius 2 is 1.42 bits per heavy atom. The van der Waals surface area contributed by atoms with E-state index in [0.29, 0.717) is 69.5 Å². The summed E-state index contributed by atoms with van der Waals surface area (Å²) in [6.07, 6.45) is 1.54. The average Bonchev–Trinajstić information content (AvgIpc) is 4.11. The number of ether oxygens (including phenoxy) is 3. The Labute approximate surface area is 356 Å². The van der Waals surface area contributed by atoms with Gasteiger partial charge in [-0.2, -0.15) is 0 Å². The van der Waals surface area contributed by atoms with Crippen LogP contribution < -0.4 is 15.4 Å². The first-order valence-electron chi connectivity index (χ1n) is 20.9. The number of alkyl halides is 1. The maximum atomic E-state index is 16.7. The van der Waals surface area contributed by atoms with E-state index in [-0.39, 0.29) is 36.8 Å². The molecule has 2 aromatic carbocycles. The molecule has 2 fully saturated rings. The van der Waals surface area contributed by atoms with Crippen molar-refractivity contribution in [2.24, 2.45) is 11.8 Å². The topological polar surface area (TPSA) is 189 Å². The van der Waals surface area contributed by atoms with E-state index >= 15 is 4.39 Å². The molecule has 328 valence electrons. The number of hydrogen-bond acceptors (Lipinski definition) is 9. The summed E-state index contributed by atoms with van der Waals surface area (Å²) in [6, 6.07) is 8.25. The SMILES string of the molecule is COC(=O)N[C@H](C(=O)N1CCC[C@H]1c1ncc(-c2ccc3c(c2)OC(C)n2c-3c(F)c3cc(-c4cnc([C@@H]5CC(F)CN5C(=O)[C@@H](NC(=O)OC)C(C)C)[nH]4)ccc32)[nH]1)C(C)C. The van der Waals surface area contributed by atoms with Crippen LogP contribution in [0.1, 0.15) is 83.8 Å². The van der Waals surface area contributed by atoms with Crippen molar-refractivity contribution in [3.8, 4) is 39.5 Å². The number of nitrogens with one attached hydrogen (secondary N) is 4. The summed E-state index contributed by atoms with van der Waals surface area (Å²) in [7, 11) is 2.47. The fourth-order valence-electron chi connectivity index (χ4n) is 8.95. The van der Waals surface area contributed by atoms with Crippen molar-refractivity contribution in [3.63, 3.8) is 0 Å². The molecule has 62 heavy (non-hydrogen) atoms. The molecule has 3 aliphatic rings. The van der Waals surface area contributed by atoms with E-state index in [4.69, 9.17) is 14.2 Å². The molecular formula is C44H51F2N9O7. The van der Waals surface area contributed by atoms with Crippen LogP contribution in [0.5, 0.6) is 5.75 Å². The Hall–Kier alpha value is -6.46. The number of imidazole rings is 2. The van der Waals surface area contributed by atoms with Crippen molar-refractivity contribution in [1.29, 1.82) is 0 Å². The molecule has 2 saturated heterocycles. The molecule has 3 aliphatic heterocycles. The lowest BCUT2D eigenvalue weighted by Crippen LogP contribution is -2.51.